The van der Waals surface area contributed by atoms with Crippen LogP contribution in [0.4, 0.5) is 0 Å². The van der Waals surface area contributed by atoms with E-state index < -0.39 is 5.97 Å². The average molecular weight is 466 g/mol. The normalized spacial score (nSPS) is 12.5. The van der Waals surface area contributed by atoms with Crippen LogP contribution in [-0.4, -0.2) is 39.6 Å². The first-order valence-corrected chi connectivity index (χ1v) is 11.6. The number of carbonyl (C=O) groups is 2. The lowest BCUT2D eigenvalue weighted by atomic mass is 10.0. The van der Waals surface area contributed by atoms with Crippen LogP contribution in [0, 0.1) is 0 Å². The first kappa shape index (κ1) is 25.0. The van der Waals surface area contributed by atoms with Crippen LogP contribution >= 0.6 is 0 Å². The second kappa shape index (κ2) is 12.0. The van der Waals surface area contributed by atoms with Gasteiger partial charge in [0.05, 0.1) is 6.10 Å². The van der Waals surface area contributed by atoms with Gasteiger partial charge in [-0.25, -0.2) is 9.97 Å². The summed E-state index contributed by atoms with van der Waals surface area (Å²) < 4.78 is 12.3. The molecule has 1 aromatic carbocycles. The summed E-state index contributed by atoms with van der Waals surface area (Å²) in [7, 11) is 0. The number of furan rings is 1. The van der Waals surface area contributed by atoms with E-state index >= 15 is 0 Å². The molecule has 0 unspecified atom stereocenters. The summed E-state index contributed by atoms with van der Waals surface area (Å²) in [4.78, 5) is 32.0. The van der Waals surface area contributed by atoms with Crippen molar-refractivity contribution in [1.82, 2.24) is 15.3 Å². The minimum atomic E-state index is -0.798. The van der Waals surface area contributed by atoms with Crippen molar-refractivity contribution in [1.29, 1.82) is 0 Å². The molecular weight excluding hydrogens is 434 g/mol. The van der Waals surface area contributed by atoms with Crippen LogP contribution in [0.2, 0.25) is 0 Å². The Morgan fingerprint density at radius 1 is 1.21 bits per heavy atom. The van der Waals surface area contributed by atoms with Crippen molar-refractivity contribution in [2.45, 2.75) is 59.0 Å². The number of benzene rings is 1. The zero-order valence-electron chi connectivity index (χ0n) is 19.8. The van der Waals surface area contributed by atoms with Crippen molar-refractivity contribution in [2.24, 2.45) is 0 Å². The maximum atomic E-state index is 12.6. The Labute approximate surface area is 199 Å². The molecule has 34 heavy (non-hydrogen) atoms. The van der Waals surface area contributed by atoms with Gasteiger partial charge < -0.3 is 19.6 Å². The van der Waals surface area contributed by atoms with E-state index in [0.29, 0.717) is 53.3 Å². The van der Waals surface area contributed by atoms with E-state index in [4.69, 9.17) is 14.3 Å². The van der Waals surface area contributed by atoms with E-state index in [0.717, 1.165) is 18.4 Å². The highest BCUT2D eigenvalue weighted by Gasteiger charge is 2.22. The first-order valence-electron chi connectivity index (χ1n) is 11.6. The average Bonchev–Trinajstić information content (AvgIpc) is 3.20. The zero-order valence-corrected chi connectivity index (χ0v) is 19.8. The van der Waals surface area contributed by atoms with Crippen LogP contribution in [0.25, 0.3) is 28.5 Å². The van der Waals surface area contributed by atoms with Gasteiger partial charge in [0.25, 0.3) is 0 Å². The molecule has 3 aromatic rings. The first-order chi connectivity index (χ1) is 16.4. The smallest absolute Gasteiger partial charge is 0.303 e. The van der Waals surface area contributed by atoms with Crippen molar-refractivity contribution >= 4 is 29.1 Å². The molecule has 0 aliphatic heterocycles. The molecule has 0 saturated heterocycles. The number of nitrogens with zero attached hydrogens (tertiary/aromatic N) is 2. The lowest BCUT2D eigenvalue weighted by Gasteiger charge is -2.14. The number of fused-ring (bicyclic) bond motifs is 1. The number of hydrogen-bond donors (Lipinski definition) is 2. The summed E-state index contributed by atoms with van der Waals surface area (Å²) in [5.74, 6) is 0.00130. The molecule has 8 heteroatoms. The molecule has 1 atom stereocenters. The lowest BCUT2D eigenvalue weighted by molar-refractivity contribution is -0.137. The van der Waals surface area contributed by atoms with Crippen molar-refractivity contribution in [3.63, 3.8) is 0 Å². The van der Waals surface area contributed by atoms with Gasteiger partial charge in [-0.15, -0.1) is 0 Å². The third-order valence-electron chi connectivity index (χ3n) is 5.35. The van der Waals surface area contributed by atoms with Gasteiger partial charge in [0.2, 0.25) is 17.5 Å². The summed E-state index contributed by atoms with van der Waals surface area (Å²) in [5, 5.41) is 12.3. The fourth-order valence-corrected chi connectivity index (χ4v) is 3.58. The van der Waals surface area contributed by atoms with E-state index in [1.54, 1.807) is 13.0 Å². The number of amides is 1. The Morgan fingerprint density at radius 3 is 2.68 bits per heavy atom. The Kier molecular flexibility index (Phi) is 8.79. The molecule has 3 rings (SSSR count). The molecule has 0 spiro atoms. The van der Waals surface area contributed by atoms with Crippen molar-refractivity contribution in [3.05, 3.63) is 47.8 Å². The predicted molar refractivity (Wildman–Crippen MR) is 130 cm³/mol. The Hall–Kier alpha value is -3.68. The van der Waals surface area contributed by atoms with Gasteiger partial charge in [-0.2, -0.15) is 0 Å². The van der Waals surface area contributed by atoms with Crippen LogP contribution in [0.1, 0.15) is 58.4 Å². The molecule has 0 radical (unpaired) electrons. The van der Waals surface area contributed by atoms with Gasteiger partial charge in [0.1, 0.15) is 17.5 Å². The minimum Gasteiger partial charge on any atom is -0.481 e. The number of hydrogen-bond acceptors (Lipinski definition) is 6. The van der Waals surface area contributed by atoms with Gasteiger partial charge in [-0.05, 0) is 45.6 Å². The van der Waals surface area contributed by atoms with Crippen LogP contribution in [0.3, 0.4) is 0 Å². The van der Waals surface area contributed by atoms with E-state index in [1.165, 1.54) is 6.33 Å². The molecule has 2 aromatic heterocycles. The van der Waals surface area contributed by atoms with Crippen LogP contribution in [0.15, 0.2) is 46.6 Å². The Balaban J connectivity index is 1.99. The lowest BCUT2D eigenvalue weighted by Crippen LogP contribution is -2.24. The SMILES string of the molecule is CCCNC(=O)/C(C)=C/c1c(-c2ccccc2)oc2ncnc(O[C@H](C)CCCCC(=O)O)c12. The molecule has 1 amide bonds. The second-order valence-corrected chi connectivity index (χ2v) is 8.22. The summed E-state index contributed by atoms with van der Waals surface area (Å²) >= 11 is 0. The van der Waals surface area contributed by atoms with Gasteiger partial charge in [-0.3, -0.25) is 9.59 Å². The molecule has 0 aliphatic rings. The molecule has 180 valence electrons. The number of aromatic nitrogens is 2. The van der Waals surface area contributed by atoms with E-state index in [2.05, 4.69) is 15.3 Å². The third-order valence-corrected chi connectivity index (χ3v) is 5.35. The summed E-state index contributed by atoms with van der Waals surface area (Å²) in [5.41, 5.74) is 2.43. The molecule has 0 fully saturated rings. The fourth-order valence-electron chi connectivity index (χ4n) is 3.58. The molecule has 2 N–H and O–H groups in total. The molecular formula is C26H31N3O5. The van der Waals surface area contributed by atoms with E-state index in [1.807, 2.05) is 44.2 Å². The van der Waals surface area contributed by atoms with Crippen LogP contribution < -0.4 is 10.1 Å². The molecule has 0 bridgehead atoms. The highest BCUT2D eigenvalue weighted by molar-refractivity contribution is 6.03. The number of carbonyl (C=O) groups excluding carboxylic acids is 1. The van der Waals surface area contributed by atoms with Gasteiger partial charge >= 0.3 is 5.97 Å². The minimum absolute atomic E-state index is 0.140. The van der Waals surface area contributed by atoms with Crippen molar-refractivity contribution < 1.29 is 23.8 Å². The van der Waals surface area contributed by atoms with Crippen LogP contribution in [0.5, 0.6) is 5.88 Å². The Bertz CT molecular complexity index is 1150. The second-order valence-electron chi connectivity index (χ2n) is 8.22. The number of aliphatic carboxylic acids is 1. The summed E-state index contributed by atoms with van der Waals surface area (Å²) in [6.45, 7) is 6.28. The molecule has 8 nitrogen and oxygen atoms in total. The zero-order chi connectivity index (χ0) is 24.5. The fraction of sp³-hybridized carbons (Fsp3) is 0.385. The molecule has 0 aliphatic carbocycles. The van der Waals surface area contributed by atoms with Crippen molar-refractivity contribution in [2.75, 3.05) is 6.54 Å². The monoisotopic (exact) mass is 465 g/mol. The maximum Gasteiger partial charge on any atom is 0.303 e. The number of unbranched alkanes of at least 4 members (excludes halogenated alkanes) is 1. The van der Waals surface area contributed by atoms with Gasteiger partial charge in [0.15, 0.2) is 0 Å². The number of rotatable bonds is 12. The molecule has 0 saturated carbocycles. The van der Waals surface area contributed by atoms with Gasteiger partial charge in [-0.1, -0.05) is 37.3 Å². The number of carboxylic acids is 1. The third kappa shape index (κ3) is 6.43. The number of carboxylic acid groups (broad SMARTS) is 1. The Morgan fingerprint density at radius 2 is 1.97 bits per heavy atom. The quantitative estimate of drug-likeness (QED) is 0.278. The molecule has 2 heterocycles. The van der Waals surface area contributed by atoms with Crippen LogP contribution in [-0.2, 0) is 9.59 Å². The van der Waals surface area contributed by atoms with Gasteiger partial charge in [0, 0.05) is 29.7 Å². The standard InChI is InChI=1S/C26H31N3O5/c1-4-14-27-24(32)17(2)15-20-22-25(33-18(3)10-8-9-13-21(30)31)28-16-29-26(22)34-23(20)19-11-6-5-7-12-19/h5-7,11-12,15-16,18H,4,8-10,13-14H2,1-3H3,(H,27,32)(H,30,31)/b17-15+/t18-/m1/s1. The maximum absolute atomic E-state index is 12.6. The highest BCUT2D eigenvalue weighted by Crippen LogP contribution is 2.38. The number of ether oxygens (including phenoxy) is 1. The van der Waals surface area contributed by atoms with E-state index in [9.17, 15) is 9.59 Å². The summed E-state index contributed by atoms with van der Waals surface area (Å²) in [6, 6.07) is 9.62. The summed E-state index contributed by atoms with van der Waals surface area (Å²) in [6.07, 6.45) is 5.98. The predicted octanol–water partition coefficient (Wildman–Crippen LogP) is 5.23. The number of nitrogens with one attached hydrogen (secondary N) is 1. The largest absolute Gasteiger partial charge is 0.481 e. The topological polar surface area (TPSA) is 115 Å². The van der Waals surface area contributed by atoms with E-state index in [-0.39, 0.29) is 18.4 Å². The highest BCUT2D eigenvalue weighted by atomic mass is 16.5. The van der Waals surface area contributed by atoms with Crippen molar-refractivity contribution in [3.8, 4) is 17.2 Å².